The van der Waals surface area contributed by atoms with E-state index in [1.807, 2.05) is 0 Å². The number of nitrogen functional groups attached to an aromatic ring is 6. The molecule has 0 saturated carbocycles. The number of anilines is 6. The topological polar surface area (TPSA) is 268 Å². The second kappa shape index (κ2) is 8.69. The Morgan fingerprint density at radius 1 is 0.476 bits per heavy atom. The summed E-state index contributed by atoms with van der Waals surface area (Å²) >= 11 is -0.750. The van der Waals surface area contributed by atoms with E-state index < -0.39 is 11.6 Å². The Labute approximate surface area is 121 Å². The van der Waals surface area contributed by atoms with Crippen LogP contribution in [0.1, 0.15) is 0 Å². The lowest BCUT2D eigenvalue weighted by Crippen LogP contribution is -2.05. The van der Waals surface area contributed by atoms with Gasteiger partial charge in [0, 0.05) is 0 Å². The van der Waals surface area contributed by atoms with Crippen molar-refractivity contribution in [1.29, 1.82) is 0 Å². The molecule has 21 heavy (non-hydrogen) atoms. The molecule has 14 nitrogen and oxygen atoms in total. The number of nitrogens with two attached hydrogens (primary N) is 6. The van der Waals surface area contributed by atoms with Crippen molar-refractivity contribution in [2.75, 3.05) is 34.4 Å². The maximum absolute atomic E-state index is 8.29. The molecule has 0 unspecified atom stereocenters. The van der Waals surface area contributed by atoms with Crippen LogP contribution < -0.4 is 34.4 Å². The van der Waals surface area contributed by atoms with Gasteiger partial charge in [-0.15, -0.1) is 0 Å². The van der Waals surface area contributed by atoms with Gasteiger partial charge in [0.1, 0.15) is 0 Å². The van der Waals surface area contributed by atoms with Crippen LogP contribution in [0.5, 0.6) is 0 Å². The normalized spacial score (nSPS) is 8.57. The Morgan fingerprint density at radius 3 is 0.667 bits per heavy atom. The van der Waals surface area contributed by atoms with Gasteiger partial charge < -0.3 is 34.4 Å². The highest BCUT2D eigenvalue weighted by Gasteiger charge is 1.94. The van der Waals surface area contributed by atoms with E-state index in [1.165, 1.54) is 0 Å². The van der Waals surface area contributed by atoms with Crippen LogP contribution in [0.2, 0.25) is 0 Å². The lowest BCUT2D eigenvalue weighted by Gasteiger charge is -1.93. The van der Waals surface area contributed by atoms with Crippen molar-refractivity contribution in [3.63, 3.8) is 0 Å². The molecule has 114 valence electrons. The van der Waals surface area contributed by atoms with Crippen LogP contribution >= 0.6 is 0 Å². The third-order valence-electron chi connectivity index (χ3n) is 1.37. The summed E-state index contributed by atoms with van der Waals surface area (Å²) in [5, 5.41) is 0. The molecular weight excluding hydrogens is 304 g/mol. The zero-order chi connectivity index (χ0) is 16.4. The first-order valence-electron chi connectivity index (χ1n) is 4.75. The Bertz CT molecular complexity index is 479. The van der Waals surface area contributed by atoms with E-state index in [-0.39, 0.29) is 35.7 Å². The molecule has 0 bridgehead atoms. The Hall–Kier alpha value is -3.36. The highest BCUT2D eigenvalue weighted by Crippen LogP contribution is 1.98. The van der Waals surface area contributed by atoms with Gasteiger partial charge in [0.05, 0.1) is 0 Å². The van der Waals surface area contributed by atoms with E-state index in [9.17, 15) is 0 Å². The molecule has 12 N–H and O–H groups in total. The van der Waals surface area contributed by atoms with Crippen LogP contribution in [-0.2, 0) is 11.6 Å². The van der Waals surface area contributed by atoms with Crippen molar-refractivity contribution in [3.8, 4) is 0 Å². The molecule has 0 radical (unpaired) electrons. The summed E-state index contributed by atoms with van der Waals surface area (Å²) in [7, 11) is 0. The zero-order valence-electron chi connectivity index (χ0n) is 10.4. The van der Waals surface area contributed by atoms with Crippen molar-refractivity contribution in [1.82, 2.24) is 29.9 Å². The Kier molecular flexibility index (Phi) is 7.30. The minimum atomic E-state index is -0.750. The van der Waals surface area contributed by atoms with Gasteiger partial charge in [-0.1, -0.05) is 0 Å². The first-order chi connectivity index (χ1) is 9.78. The fourth-order valence-corrected chi connectivity index (χ4v) is 0.854. The van der Waals surface area contributed by atoms with Gasteiger partial charge in [0.25, 0.3) is 0 Å². The predicted molar refractivity (Wildman–Crippen MR) is 75.0 cm³/mol. The summed E-state index contributed by atoms with van der Waals surface area (Å²) in [6.45, 7) is 0. The monoisotopic (exact) mass is 316 g/mol. The zero-order valence-corrected chi connectivity index (χ0v) is 11.2. The van der Waals surface area contributed by atoms with Crippen LogP contribution in [0.15, 0.2) is 0 Å². The van der Waals surface area contributed by atoms with Crippen LogP contribution in [0.25, 0.3) is 0 Å². The van der Waals surface area contributed by atoms with E-state index in [0.717, 1.165) is 0 Å². The average molecular weight is 316 g/mol. The number of hydrogen-bond acceptors (Lipinski definition) is 14. The SMILES string of the molecule is Nc1nc(N)nc(N)n1.Nc1nc(N)nc(N)n1.O=S=O. The highest BCUT2D eigenvalue weighted by molar-refractivity contribution is 7.51. The molecule has 0 spiro atoms. The van der Waals surface area contributed by atoms with Gasteiger partial charge in [-0.25, -0.2) is 0 Å². The molecule has 0 aliphatic rings. The average Bonchev–Trinajstić information content (AvgIpc) is 2.26. The van der Waals surface area contributed by atoms with Crippen LogP contribution in [0.4, 0.5) is 35.7 Å². The summed E-state index contributed by atoms with van der Waals surface area (Å²) in [5.74, 6) is 0.250. The van der Waals surface area contributed by atoms with Gasteiger partial charge in [-0.05, 0) is 0 Å². The van der Waals surface area contributed by atoms with Crippen LogP contribution in [0, 0.1) is 0 Å². The van der Waals surface area contributed by atoms with Crippen molar-refractivity contribution in [2.45, 2.75) is 0 Å². The molecule has 0 aromatic carbocycles. The molecule has 0 atom stereocenters. The number of rotatable bonds is 0. The lowest BCUT2D eigenvalue weighted by molar-refractivity contribution is 0.630. The molecule has 0 saturated heterocycles. The molecule has 0 fully saturated rings. The van der Waals surface area contributed by atoms with Gasteiger partial charge in [0.15, 0.2) is 0 Å². The first kappa shape index (κ1) is 17.6. The third-order valence-corrected chi connectivity index (χ3v) is 1.37. The highest BCUT2D eigenvalue weighted by atomic mass is 32.1. The molecular formula is C6H12N12O2S. The van der Waals surface area contributed by atoms with Crippen molar-refractivity contribution in [2.24, 2.45) is 0 Å². The summed E-state index contributed by atoms with van der Waals surface area (Å²) < 4.78 is 16.6. The fraction of sp³-hybridized carbons (Fsp3) is 0. The lowest BCUT2D eigenvalue weighted by atomic mass is 10.9. The summed E-state index contributed by atoms with van der Waals surface area (Å²) in [4.78, 5) is 20.9. The summed E-state index contributed by atoms with van der Waals surface area (Å²) in [6, 6.07) is 0. The molecule has 2 rings (SSSR count). The number of aromatic nitrogens is 6. The van der Waals surface area contributed by atoms with Gasteiger partial charge in [-0.2, -0.15) is 38.3 Å². The van der Waals surface area contributed by atoms with Crippen molar-refractivity contribution < 1.29 is 8.42 Å². The molecule has 15 heteroatoms. The molecule has 2 aromatic rings. The van der Waals surface area contributed by atoms with E-state index in [2.05, 4.69) is 29.9 Å². The van der Waals surface area contributed by atoms with Crippen molar-refractivity contribution in [3.05, 3.63) is 0 Å². The fourth-order valence-electron chi connectivity index (χ4n) is 0.854. The van der Waals surface area contributed by atoms with E-state index in [0.29, 0.717) is 0 Å². The van der Waals surface area contributed by atoms with Gasteiger partial charge >= 0.3 is 11.6 Å². The van der Waals surface area contributed by atoms with E-state index in [1.54, 1.807) is 0 Å². The van der Waals surface area contributed by atoms with Gasteiger partial charge in [0.2, 0.25) is 35.7 Å². The summed E-state index contributed by atoms with van der Waals surface area (Å²) in [5.41, 5.74) is 30.8. The van der Waals surface area contributed by atoms with Crippen LogP contribution in [-0.4, -0.2) is 38.3 Å². The summed E-state index contributed by atoms with van der Waals surface area (Å²) in [6.07, 6.45) is 0. The number of nitrogens with zero attached hydrogens (tertiary/aromatic N) is 6. The quantitative estimate of drug-likeness (QED) is 0.276. The second-order valence-electron chi connectivity index (χ2n) is 2.89. The van der Waals surface area contributed by atoms with Crippen LogP contribution in [0.3, 0.4) is 0 Å². The smallest absolute Gasteiger partial charge is 0.335 e. The molecule has 0 amide bonds. The van der Waals surface area contributed by atoms with Gasteiger partial charge in [-0.3, -0.25) is 0 Å². The van der Waals surface area contributed by atoms with E-state index >= 15 is 0 Å². The Balaban J connectivity index is 0.000000322. The Morgan fingerprint density at radius 2 is 0.571 bits per heavy atom. The molecule has 2 aromatic heterocycles. The molecule has 0 aliphatic heterocycles. The minimum Gasteiger partial charge on any atom is -0.368 e. The maximum atomic E-state index is 8.29. The second-order valence-corrected chi connectivity index (χ2v) is 3.02. The largest absolute Gasteiger partial charge is 0.368 e. The first-order valence-corrected chi connectivity index (χ1v) is 5.42. The molecule has 0 aliphatic carbocycles. The van der Waals surface area contributed by atoms with E-state index in [4.69, 9.17) is 42.8 Å². The minimum absolute atomic E-state index is 0.0417. The standard InChI is InChI=1S/2C3H6N6.O2S/c2*4-1-7-2(5)9-3(6)8-1;1-3-2/h2*(H6,4,5,6,7,8,9);. The number of hydrogen-bond donors (Lipinski definition) is 6. The maximum Gasteiger partial charge on any atom is 0.335 e. The molecule has 2 heterocycles. The third kappa shape index (κ3) is 8.37. The predicted octanol–water partition coefficient (Wildman–Crippen LogP) is -3.43. The van der Waals surface area contributed by atoms with Crippen molar-refractivity contribution >= 4 is 47.3 Å².